The summed E-state index contributed by atoms with van der Waals surface area (Å²) in [4.78, 5) is 11.9. The van der Waals surface area contributed by atoms with Gasteiger partial charge in [-0.3, -0.25) is 4.79 Å². The number of aryl methyl sites for hydroxylation is 1. The summed E-state index contributed by atoms with van der Waals surface area (Å²) >= 11 is 2.01. The van der Waals surface area contributed by atoms with Crippen LogP contribution in [-0.2, 0) is 19.6 Å². The molecular weight excluding hydrogens is 465 g/mol. The highest BCUT2D eigenvalue weighted by molar-refractivity contribution is 14.1. The molecule has 2 rings (SSSR count). The summed E-state index contributed by atoms with van der Waals surface area (Å²) in [7, 11) is -3.75. The Balaban J connectivity index is 2.30. The maximum Gasteiger partial charge on any atom is 0.302 e. The normalized spacial score (nSPS) is 18.1. The van der Waals surface area contributed by atoms with Gasteiger partial charge in [-0.15, -0.1) is 0 Å². The van der Waals surface area contributed by atoms with E-state index in [2.05, 4.69) is 11.3 Å². The highest BCUT2D eigenvalue weighted by atomic mass is 127. The van der Waals surface area contributed by atoms with Crippen LogP contribution in [0.3, 0.4) is 0 Å². The fraction of sp³-hybridized carbons (Fsp3) is 0.526. The molecule has 2 atom stereocenters. The number of rotatable bonds is 7. The molecule has 0 heterocycles. The Kier molecular flexibility index (Phi) is 7.66. The summed E-state index contributed by atoms with van der Waals surface area (Å²) in [6.45, 7) is 7.20. The zero-order valence-corrected chi connectivity index (χ0v) is 18.2. The number of halogens is 1. The molecule has 0 radical (unpaired) electrons. The van der Waals surface area contributed by atoms with Gasteiger partial charge >= 0.3 is 5.97 Å². The summed E-state index contributed by atoms with van der Waals surface area (Å²) in [6, 6.07) is 6.01. The second-order valence-electron chi connectivity index (χ2n) is 6.83. The van der Waals surface area contributed by atoms with Gasteiger partial charge in [0.25, 0.3) is 0 Å². The second kappa shape index (κ2) is 9.32. The van der Waals surface area contributed by atoms with Crippen molar-refractivity contribution in [2.75, 3.05) is 0 Å². The number of hydrogen-bond acceptors (Lipinski definition) is 4. The first-order valence-corrected chi connectivity index (χ1v) is 11.4. The van der Waals surface area contributed by atoms with E-state index < -0.39 is 28.1 Å². The quantitative estimate of drug-likeness (QED) is 0.461. The molecular formula is C19H26INO4S. The molecule has 144 valence electrons. The standard InChI is InChI=1S/C19H26INO4S/c1-13-9-11-17(12-10-13)26(23,24)21-18(14(2)20)19(25-15(3)22)16-7-5-4-6-8-16/h9-12,16,18-19,21H,2,4-8H2,1,3H3/t18-,19-/m1/s1. The van der Waals surface area contributed by atoms with Gasteiger partial charge < -0.3 is 4.74 Å². The molecule has 1 N–H and O–H groups in total. The summed E-state index contributed by atoms with van der Waals surface area (Å²) in [5.41, 5.74) is 0.985. The zero-order valence-electron chi connectivity index (χ0n) is 15.2. The molecule has 1 fully saturated rings. The molecule has 0 amide bonds. The summed E-state index contributed by atoms with van der Waals surface area (Å²) in [5.74, 6) is -0.275. The van der Waals surface area contributed by atoms with Crippen LogP contribution in [0.1, 0.15) is 44.6 Å². The van der Waals surface area contributed by atoms with Crippen LogP contribution in [0.2, 0.25) is 0 Å². The third-order valence-corrected chi connectivity index (χ3v) is 6.82. The van der Waals surface area contributed by atoms with Gasteiger partial charge in [0.2, 0.25) is 10.0 Å². The first-order valence-electron chi connectivity index (χ1n) is 8.81. The molecule has 1 aliphatic carbocycles. The van der Waals surface area contributed by atoms with Crippen molar-refractivity contribution in [1.82, 2.24) is 4.72 Å². The minimum absolute atomic E-state index is 0.130. The molecule has 0 unspecified atom stereocenters. The Morgan fingerprint density at radius 2 is 1.81 bits per heavy atom. The van der Waals surface area contributed by atoms with Crippen LogP contribution in [0.5, 0.6) is 0 Å². The van der Waals surface area contributed by atoms with Gasteiger partial charge in [0.1, 0.15) is 6.10 Å². The molecule has 7 heteroatoms. The highest BCUT2D eigenvalue weighted by Gasteiger charge is 2.36. The number of benzene rings is 1. The molecule has 1 aromatic carbocycles. The van der Waals surface area contributed by atoms with Crippen molar-refractivity contribution in [1.29, 1.82) is 0 Å². The molecule has 0 aliphatic heterocycles. The minimum Gasteiger partial charge on any atom is -0.460 e. The molecule has 0 bridgehead atoms. The topological polar surface area (TPSA) is 72.5 Å². The van der Waals surface area contributed by atoms with Gasteiger partial charge in [0.15, 0.2) is 0 Å². The van der Waals surface area contributed by atoms with Crippen molar-refractivity contribution in [2.45, 2.75) is 63.0 Å². The molecule has 26 heavy (non-hydrogen) atoms. The van der Waals surface area contributed by atoms with Crippen molar-refractivity contribution in [3.8, 4) is 0 Å². The van der Waals surface area contributed by atoms with Crippen LogP contribution >= 0.6 is 22.6 Å². The number of esters is 1. The minimum atomic E-state index is -3.75. The van der Waals surface area contributed by atoms with Crippen LogP contribution in [0.4, 0.5) is 0 Å². The number of ether oxygens (including phenoxy) is 1. The van der Waals surface area contributed by atoms with Gasteiger partial charge in [-0.05, 0) is 60.4 Å². The third-order valence-electron chi connectivity index (χ3n) is 4.70. The van der Waals surface area contributed by atoms with Crippen LogP contribution < -0.4 is 4.72 Å². The lowest BCUT2D eigenvalue weighted by molar-refractivity contribution is -0.150. The fourth-order valence-electron chi connectivity index (χ4n) is 3.35. The summed E-state index contributed by atoms with van der Waals surface area (Å²) in [6.07, 6.45) is 4.59. The SMILES string of the molecule is C=C(I)[C@@H](NS(=O)(=O)c1ccc(C)cc1)[C@H](OC(C)=O)C1CCCCC1. The molecule has 0 saturated heterocycles. The van der Waals surface area contributed by atoms with Gasteiger partial charge in [-0.25, -0.2) is 8.42 Å². The van der Waals surface area contributed by atoms with Gasteiger partial charge in [0.05, 0.1) is 10.9 Å². The molecule has 1 aliphatic rings. The van der Waals surface area contributed by atoms with Gasteiger partial charge in [0, 0.05) is 10.5 Å². The van der Waals surface area contributed by atoms with Crippen LogP contribution in [0, 0.1) is 12.8 Å². The van der Waals surface area contributed by atoms with E-state index in [1.165, 1.54) is 6.92 Å². The van der Waals surface area contributed by atoms with E-state index in [1.807, 2.05) is 29.5 Å². The summed E-state index contributed by atoms with van der Waals surface area (Å²) in [5, 5.41) is 0. The van der Waals surface area contributed by atoms with E-state index in [0.29, 0.717) is 3.58 Å². The monoisotopic (exact) mass is 491 g/mol. The molecule has 0 aromatic heterocycles. The van der Waals surface area contributed by atoms with E-state index in [4.69, 9.17) is 4.74 Å². The van der Waals surface area contributed by atoms with E-state index in [1.54, 1.807) is 24.3 Å². The Hall–Kier alpha value is -0.930. The number of carbonyl (C=O) groups excluding carboxylic acids is 1. The van der Waals surface area contributed by atoms with Crippen LogP contribution in [0.15, 0.2) is 39.3 Å². The number of sulfonamides is 1. The zero-order chi connectivity index (χ0) is 19.3. The molecule has 0 spiro atoms. The summed E-state index contributed by atoms with van der Waals surface area (Å²) < 4.78 is 34.6. The molecule has 1 aromatic rings. The number of nitrogens with one attached hydrogen (secondary N) is 1. The van der Waals surface area contributed by atoms with Crippen molar-refractivity contribution in [2.24, 2.45) is 5.92 Å². The third kappa shape index (κ3) is 5.79. The second-order valence-corrected chi connectivity index (χ2v) is 9.93. The smallest absolute Gasteiger partial charge is 0.302 e. The van der Waals surface area contributed by atoms with Crippen molar-refractivity contribution in [3.63, 3.8) is 0 Å². The molecule has 5 nitrogen and oxygen atoms in total. The Morgan fingerprint density at radius 1 is 1.23 bits per heavy atom. The van der Waals surface area contributed by atoms with Gasteiger partial charge in [-0.1, -0.05) is 43.5 Å². The lowest BCUT2D eigenvalue weighted by Crippen LogP contribution is -2.49. The maximum absolute atomic E-state index is 12.8. The Labute approximate surface area is 169 Å². The van der Waals surface area contributed by atoms with Crippen molar-refractivity contribution < 1.29 is 17.9 Å². The predicted octanol–water partition coefficient (Wildman–Crippen LogP) is 4.10. The highest BCUT2D eigenvalue weighted by Crippen LogP contribution is 2.33. The van der Waals surface area contributed by atoms with Crippen molar-refractivity contribution in [3.05, 3.63) is 40.0 Å². The lowest BCUT2D eigenvalue weighted by atomic mass is 9.82. The van der Waals surface area contributed by atoms with E-state index in [0.717, 1.165) is 37.7 Å². The van der Waals surface area contributed by atoms with Crippen LogP contribution in [0.25, 0.3) is 0 Å². The van der Waals surface area contributed by atoms with E-state index in [-0.39, 0.29) is 10.8 Å². The molecule has 1 saturated carbocycles. The maximum atomic E-state index is 12.8. The Morgan fingerprint density at radius 3 is 2.31 bits per heavy atom. The average Bonchev–Trinajstić information content (AvgIpc) is 2.58. The largest absolute Gasteiger partial charge is 0.460 e. The lowest BCUT2D eigenvalue weighted by Gasteiger charge is -2.35. The van der Waals surface area contributed by atoms with E-state index in [9.17, 15) is 13.2 Å². The average molecular weight is 491 g/mol. The van der Waals surface area contributed by atoms with Crippen molar-refractivity contribution >= 4 is 38.6 Å². The first-order chi connectivity index (χ1) is 12.2. The Bertz CT molecular complexity index is 739. The predicted molar refractivity (Wildman–Crippen MR) is 111 cm³/mol. The fourth-order valence-corrected chi connectivity index (χ4v) is 5.32. The van der Waals surface area contributed by atoms with Crippen LogP contribution in [-0.4, -0.2) is 26.5 Å². The number of carbonyl (C=O) groups is 1. The van der Waals surface area contributed by atoms with E-state index >= 15 is 0 Å². The first kappa shape index (κ1) is 21.4. The number of hydrogen-bond donors (Lipinski definition) is 1. The van der Waals surface area contributed by atoms with Gasteiger partial charge in [-0.2, -0.15) is 4.72 Å².